The van der Waals surface area contributed by atoms with Crippen LogP contribution in [0.1, 0.15) is 15.9 Å². The number of hydrogen-bond acceptors (Lipinski definition) is 4. The van der Waals surface area contributed by atoms with Gasteiger partial charge in [-0.1, -0.05) is 0 Å². The van der Waals surface area contributed by atoms with Gasteiger partial charge in [0.25, 0.3) is 0 Å². The second-order valence-electron chi connectivity index (χ2n) is 3.95. The molecule has 0 unspecified atom stereocenters. The molecule has 0 spiro atoms. The Kier molecular flexibility index (Phi) is 4.68. The summed E-state index contributed by atoms with van der Waals surface area (Å²) in [6, 6.07) is 4.53. The average Bonchev–Trinajstić information content (AvgIpc) is 2.45. The number of aromatic nitrogens is 1. The standard InChI is InChI=1S/C14H11BrFNO3/c1-19-13-4-9(7-18)3-12(15)14(13)20-8-10-2-11(16)6-17-5-10/h2-7H,8H2,1H3. The first-order valence-corrected chi connectivity index (χ1v) is 6.48. The minimum absolute atomic E-state index is 0.139. The summed E-state index contributed by atoms with van der Waals surface area (Å²) in [6.45, 7) is 0.139. The van der Waals surface area contributed by atoms with Crippen molar-refractivity contribution in [2.75, 3.05) is 7.11 Å². The fraction of sp³-hybridized carbons (Fsp3) is 0.143. The highest BCUT2D eigenvalue weighted by atomic mass is 79.9. The predicted octanol–water partition coefficient (Wildman–Crippen LogP) is 3.38. The summed E-state index contributed by atoms with van der Waals surface area (Å²) >= 11 is 3.31. The molecule has 104 valence electrons. The Balaban J connectivity index is 2.22. The van der Waals surface area contributed by atoms with Gasteiger partial charge in [0, 0.05) is 17.3 Å². The molecule has 0 atom stereocenters. The van der Waals surface area contributed by atoms with Crippen molar-refractivity contribution >= 4 is 22.2 Å². The van der Waals surface area contributed by atoms with Crippen molar-refractivity contribution in [1.29, 1.82) is 0 Å². The van der Waals surface area contributed by atoms with Gasteiger partial charge in [0.2, 0.25) is 0 Å². The van der Waals surface area contributed by atoms with Crippen LogP contribution in [0.2, 0.25) is 0 Å². The zero-order valence-electron chi connectivity index (χ0n) is 10.6. The van der Waals surface area contributed by atoms with E-state index >= 15 is 0 Å². The van der Waals surface area contributed by atoms with Crippen molar-refractivity contribution in [3.63, 3.8) is 0 Å². The quantitative estimate of drug-likeness (QED) is 0.783. The van der Waals surface area contributed by atoms with E-state index in [0.29, 0.717) is 33.4 Å². The van der Waals surface area contributed by atoms with Gasteiger partial charge in [0.05, 0.1) is 17.8 Å². The molecule has 0 amide bonds. The molecule has 0 aliphatic carbocycles. The lowest BCUT2D eigenvalue weighted by Gasteiger charge is -2.13. The SMILES string of the molecule is COc1cc(C=O)cc(Br)c1OCc1cncc(F)c1. The van der Waals surface area contributed by atoms with Crippen LogP contribution in [0.3, 0.4) is 0 Å². The van der Waals surface area contributed by atoms with E-state index in [1.807, 2.05) is 0 Å². The molecule has 0 bridgehead atoms. The fourth-order valence-corrected chi connectivity index (χ4v) is 2.21. The van der Waals surface area contributed by atoms with Gasteiger partial charge in [-0.25, -0.2) is 4.39 Å². The molecule has 2 rings (SSSR count). The Morgan fingerprint density at radius 2 is 2.15 bits per heavy atom. The number of hydrogen-bond donors (Lipinski definition) is 0. The Hall–Kier alpha value is -1.95. The van der Waals surface area contributed by atoms with Crippen LogP contribution in [-0.4, -0.2) is 18.4 Å². The molecule has 2 aromatic rings. The van der Waals surface area contributed by atoms with Gasteiger partial charge >= 0.3 is 0 Å². The van der Waals surface area contributed by atoms with Crippen LogP contribution in [-0.2, 0) is 6.61 Å². The fourth-order valence-electron chi connectivity index (χ4n) is 1.64. The number of methoxy groups -OCH3 is 1. The molecule has 0 radical (unpaired) electrons. The van der Waals surface area contributed by atoms with Crippen LogP contribution >= 0.6 is 15.9 Å². The molecule has 0 fully saturated rings. The van der Waals surface area contributed by atoms with Crippen LogP contribution in [0, 0.1) is 5.82 Å². The number of benzene rings is 1. The molecular weight excluding hydrogens is 329 g/mol. The Morgan fingerprint density at radius 3 is 2.80 bits per heavy atom. The zero-order chi connectivity index (χ0) is 14.5. The summed E-state index contributed by atoms with van der Waals surface area (Å²) in [5, 5.41) is 0. The van der Waals surface area contributed by atoms with E-state index in [2.05, 4.69) is 20.9 Å². The van der Waals surface area contributed by atoms with Crippen molar-refractivity contribution in [3.8, 4) is 11.5 Å². The van der Waals surface area contributed by atoms with Gasteiger partial charge < -0.3 is 9.47 Å². The number of nitrogens with zero attached hydrogens (tertiary/aromatic N) is 1. The molecule has 1 aromatic heterocycles. The molecule has 6 heteroatoms. The Bertz CT molecular complexity index is 634. The van der Waals surface area contributed by atoms with E-state index in [1.54, 1.807) is 12.1 Å². The Labute approximate surface area is 123 Å². The van der Waals surface area contributed by atoms with E-state index in [9.17, 15) is 9.18 Å². The first kappa shape index (κ1) is 14.5. The number of carbonyl (C=O) groups is 1. The molecule has 1 aromatic carbocycles. The molecule has 4 nitrogen and oxygen atoms in total. The third kappa shape index (κ3) is 3.33. The molecule has 0 aliphatic rings. The second kappa shape index (κ2) is 6.47. The van der Waals surface area contributed by atoms with Crippen molar-refractivity contribution < 1.29 is 18.7 Å². The lowest BCUT2D eigenvalue weighted by atomic mass is 10.2. The minimum Gasteiger partial charge on any atom is -0.493 e. The number of rotatable bonds is 5. The zero-order valence-corrected chi connectivity index (χ0v) is 12.2. The number of halogens is 2. The molecule has 1 heterocycles. The van der Waals surface area contributed by atoms with Gasteiger partial charge in [-0.2, -0.15) is 0 Å². The molecule has 0 saturated carbocycles. The van der Waals surface area contributed by atoms with Crippen molar-refractivity contribution in [2.45, 2.75) is 6.61 Å². The first-order chi connectivity index (χ1) is 9.63. The third-order valence-corrected chi connectivity index (χ3v) is 3.12. The molecule has 0 aliphatic heterocycles. The third-order valence-electron chi connectivity index (χ3n) is 2.53. The van der Waals surface area contributed by atoms with Crippen molar-refractivity contribution in [2.24, 2.45) is 0 Å². The van der Waals surface area contributed by atoms with Gasteiger partial charge in [-0.15, -0.1) is 0 Å². The maximum atomic E-state index is 13.0. The van der Waals surface area contributed by atoms with Crippen LogP contribution in [0.4, 0.5) is 4.39 Å². The monoisotopic (exact) mass is 339 g/mol. The highest BCUT2D eigenvalue weighted by Gasteiger charge is 2.12. The number of ether oxygens (including phenoxy) is 2. The lowest BCUT2D eigenvalue weighted by molar-refractivity contribution is 0.112. The smallest absolute Gasteiger partial charge is 0.175 e. The first-order valence-electron chi connectivity index (χ1n) is 5.69. The number of carbonyl (C=O) groups excluding carboxylic acids is 1. The van der Waals surface area contributed by atoms with E-state index < -0.39 is 5.82 Å². The van der Waals surface area contributed by atoms with E-state index in [4.69, 9.17) is 9.47 Å². The summed E-state index contributed by atoms with van der Waals surface area (Å²) < 4.78 is 24.4. The minimum atomic E-state index is -0.423. The number of aldehydes is 1. The largest absolute Gasteiger partial charge is 0.493 e. The van der Waals surface area contributed by atoms with Gasteiger partial charge in [-0.3, -0.25) is 9.78 Å². The summed E-state index contributed by atoms with van der Waals surface area (Å²) in [5.74, 6) is 0.446. The van der Waals surface area contributed by atoms with Crippen LogP contribution < -0.4 is 9.47 Å². The van der Waals surface area contributed by atoms with Gasteiger partial charge in [0.15, 0.2) is 11.5 Å². The van der Waals surface area contributed by atoms with Crippen LogP contribution in [0.25, 0.3) is 0 Å². The highest BCUT2D eigenvalue weighted by molar-refractivity contribution is 9.10. The molecule has 20 heavy (non-hydrogen) atoms. The molecule has 0 saturated heterocycles. The summed E-state index contributed by atoms with van der Waals surface area (Å²) in [7, 11) is 1.48. The summed E-state index contributed by atoms with van der Waals surface area (Å²) in [6.07, 6.45) is 3.36. The summed E-state index contributed by atoms with van der Waals surface area (Å²) in [4.78, 5) is 14.5. The molecular formula is C14H11BrFNO3. The topological polar surface area (TPSA) is 48.4 Å². The highest BCUT2D eigenvalue weighted by Crippen LogP contribution is 2.36. The molecule has 0 N–H and O–H groups in total. The maximum absolute atomic E-state index is 13.0. The van der Waals surface area contributed by atoms with E-state index in [0.717, 1.165) is 6.20 Å². The Morgan fingerprint density at radius 1 is 1.35 bits per heavy atom. The van der Waals surface area contributed by atoms with Crippen molar-refractivity contribution in [3.05, 3.63) is 52.0 Å². The summed E-state index contributed by atoms with van der Waals surface area (Å²) in [5.41, 5.74) is 1.06. The van der Waals surface area contributed by atoms with Gasteiger partial charge in [0.1, 0.15) is 18.7 Å². The van der Waals surface area contributed by atoms with E-state index in [-0.39, 0.29) is 6.61 Å². The number of pyridine rings is 1. The van der Waals surface area contributed by atoms with E-state index in [1.165, 1.54) is 19.4 Å². The predicted molar refractivity (Wildman–Crippen MR) is 74.6 cm³/mol. The lowest BCUT2D eigenvalue weighted by Crippen LogP contribution is -2.00. The van der Waals surface area contributed by atoms with Crippen LogP contribution in [0.15, 0.2) is 35.1 Å². The van der Waals surface area contributed by atoms with Crippen LogP contribution in [0.5, 0.6) is 11.5 Å². The van der Waals surface area contributed by atoms with Crippen molar-refractivity contribution in [1.82, 2.24) is 4.98 Å². The normalized spacial score (nSPS) is 10.2. The second-order valence-corrected chi connectivity index (χ2v) is 4.81. The maximum Gasteiger partial charge on any atom is 0.175 e. The van der Waals surface area contributed by atoms with Gasteiger partial charge in [-0.05, 0) is 34.1 Å². The average molecular weight is 340 g/mol.